The lowest BCUT2D eigenvalue weighted by Crippen LogP contribution is -2.12. The number of hydrogen-bond acceptors (Lipinski definition) is 5. The number of carbonyl (C=O) groups excluding carboxylic acids is 1. The van der Waals surface area contributed by atoms with Gasteiger partial charge in [-0.1, -0.05) is 17.4 Å². The van der Waals surface area contributed by atoms with Crippen molar-refractivity contribution in [2.75, 3.05) is 23.4 Å². The van der Waals surface area contributed by atoms with Crippen LogP contribution >= 0.6 is 11.3 Å². The monoisotopic (exact) mass is 280 g/mol. The molecule has 0 aliphatic carbocycles. The quantitative estimate of drug-likeness (QED) is 0.807. The number of amides is 1. The van der Waals surface area contributed by atoms with Crippen LogP contribution in [0.1, 0.15) is 15.2 Å². The molecule has 0 unspecified atom stereocenters. The highest BCUT2D eigenvalue weighted by Crippen LogP contribution is 2.25. The lowest BCUT2D eigenvalue weighted by Gasteiger charge is -2.05. The zero-order chi connectivity index (χ0) is 14.0. The van der Waals surface area contributed by atoms with Crippen LogP contribution in [0.4, 0.5) is 21.0 Å². The molecule has 4 N–H and O–H groups in total. The number of aromatic nitrogens is 1. The third kappa shape index (κ3) is 2.82. The van der Waals surface area contributed by atoms with E-state index in [0.29, 0.717) is 21.3 Å². The second-order valence-electron chi connectivity index (χ2n) is 3.90. The normalized spacial score (nSPS) is 10.3. The van der Waals surface area contributed by atoms with E-state index in [0.717, 1.165) is 11.3 Å². The van der Waals surface area contributed by atoms with Crippen LogP contribution in [-0.4, -0.2) is 17.9 Å². The van der Waals surface area contributed by atoms with Crippen LogP contribution < -0.4 is 16.4 Å². The number of thiazole rings is 1. The molecular weight excluding hydrogens is 267 g/mol. The number of rotatable bonds is 3. The average Bonchev–Trinajstić information content (AvgIpc) is 2.75. The molecule has 0 saturated heterocycles. The minimum atomic E-state index is -0.403. The molecule has 1 amide bonds. The van der Waals surface area contributed by atoms with Crippen molar-refractivity contribution < 1.29 is 9.18 Å². The second kappa shape index (κ2) is 5.23. The van der Waals surface area contributed by atoms with Crippen LogP contribution in [0.25, 0.3) is 0 Å². The maximum absolute atomic E-state index is 13.4. The summed E-state index contributed by atoms with van der Waals surface area (Å²) in [5.74, 6) is -0.620. The van der Waals surface area contributed by atoms with Crippen molar-refractivity contribution in [1.82, 2.24) is 4.98 Å². The molecule has 0 spiro atoms. The van der Waals surface area contributed by atoms with Gasteiger partial charge in [0.2, 0.25) is 0 Å². The molecule has 0 bridgehead atoms. The number of halogens is 1. The van der Waals surface area contributed by atoms with Gasteiger partial charge in [-0.2, -0.15) is 0 Å². The van der Waals surface area contributed by atoms with E-state index in [1.165, 1.54) is 6.07 Å². The van der Waals surface area contributed by atoms with Crippen LogP contribution in [0, 0.1) is 12.7 Å². The van der Waals surface area contributed by atoms with Gasteiger partial charge in [0.05, 0.1) is 0 Å². The molecule has 0 radical (unpaired) electrons. The van der Waals surface area contributed by atoms with Crippen molar-refractivity contribution in [2.45, 2.75) is 6.92 Å². The van der Waals surface area contributed by atoms with E-state index < -0.39 is 5.91 Å². The van der Waals surface area contributed by atoms with E-state index in [9.17, 15) is 9.18 Å². The summed E-state index contributed by atoms with van der Waals surface area (Å²) >= 11 is 1.14. The summed E-state index contributed by atoms with van der Waals surface area (Å²) in [6.45, 7) is 1.65. The minimum Gasteiger partial charge on any atom is -0.382 e. The average molecular weight is 280 g/mol. The zero-order valence-corrected chi connectivity index (χ0v) is 11.3. The third-order valence-electron chi connectivity index (χ3n) is 2.50. The Hall–Kier alpha value is -2.15. The number of nitrogens with one attached hydrogen (secondary N) is 2. The minimum absolute atomic E-state index is 0.152. The molecule has 1 aromatic heterocycles. The molecule has 1 aromatic carbocycles. The first kappa shape index (κ1) is 13.3. The van der Waals surface area contributed by atoms with Crippen molar-refractivity contribution in [3.63, 3.8) is 0 Å². The third-order valence-corrected chi connectivity index (χ3v) is 3.59. The second-order valence-corrected chi connectivity index (χ2v) is 4.90. The Labute approximate surface area is 113 Å². The lowest BCUT2D eigenvalue weighted by molar-refractivity contribution is 0.103. The maximum Gasteiger partial charge on any atom is 0.269 e. The van der Waals surface area contributed by atoms with Gasteiger partial charge in [0.1, 0.15) is 16.5 Å². The zero-order valence-electron chi connectivity index (χ0n) is 10.5. The molecular formula is C12H13FN4OS. The summed E-state index contributed by atoms with van der Waals surface area (Å²) in [5, 5.41) is 5.95. The van der Waals surface area contributed by atoms with Gasteiger partial charge in [-0.3, -0.25) is 4.79 Å². The molecule has 7 heteroatoms. The van der Waals surface area contributed by atoms with E-state index >= 15 is 0 Å². The number of carbonyl (C=O) groups is 1. The number of nitrogen functional groups attached to an aromatic ring is 1. The smallest absolute Gasteiger partial charge is 0.269 e. The van der Waals surface area contributed by atoms with E-state index in [4.69, 9.17) is 5.73 Å². The molecule has 19 heavy (non-hydrogen) atoms. The number of nitrogens with two attached hydrogens (primary N) is 1. The van der Waals surface area contributed by atoms with Crippen molar-refractivity contribution in [3.8, 4) is 0 Å². The molecule has 2 rings (SSSR count). The van der Waals surface area contributed by atoms with Gasteiger partial charge in [0, 0.05) is 12.7 Å². The Kier molecular flexibility index (Phi) is 3.66. The number of hydrogen-bond donors (Lipinski definition) is 3. The molecule has 100 valence electrons. The summed E-state index contributed by atoms with van der Waals surface area (Å²) in [5.41, 5.74) is 6.55. The predicted molar refractivity (Wildman–Crippen MR) is 75.2 cm³/mol. The van der Waals surface area contributed by atoms with E-state index in [2.05, 4.69) is 15.6 Å². The molecule has 0 fully saturated rings. The summed E-state index contributed by atoms with van der Waals surface area (Å²) in [6, 6.07) is 4.50. The van der Waals surface area contributed by atoms with Crippen molar-refractivity contribution in [1.29, 1.82) is 0 Å². The summed E-state index contributed by atoms with van der Waals surface area (Å²) in [7, 11) is 1.69. The Morgan fingerprint density at radius 1 is 1.47 bits per heavy atom. The van der Waals surface area contributed by atoms with Crippen molar-refractivity contribution in [2.24, 2.45) is 0 Å². The number of aryl methyl sites for hydroxylation is 1. The molecule has 5 nitrogen and oxygen atoms in total. The first-order valence-electron chi connectivity index (χ1n) is 5.53. The van der Waals surface area contributed by atoms with Gasteiger partial charge < -0.3 is 16.4 Å². The molecule has 0 aliphatic heterocycles. The largest absolute Gasteiger partial charge is 0.382 e. The van der Waals surface area contributed by atoms with E-state index in [1.54, 1.807) is 26.1 Å². The molecule has 2 aromatic rings. The van der Waals surface area contributed by atoms with Crippen LogP contribution in [0.15, 0.2) is 18.2 Å². The van der Waals surface area contributed by atoms with Crippen LogP contribution in [-0.2, 0) is 0 Å². The Morgan fingerprint density at radius 3 is 2.79 bits per heavy atom. The van der Waals surface area contributed by atoms with Gasteiger partial charge in [-0.05, 0) is 24.6 Å². The number of anilines is 3. The maximum atomic E-state index is 13.4. The highest BCUT2D eigenvalue weighted by atomic mass is 32.1. The van der Waals surface area contributed by atoms with Gasteiger partial charge in [-0.15, -0.1) is 0 Å². The SMILES string of the molecule is CNc1nc(N)c(C(=O)Nc2ccc(C)c(F)c2)s1. The number of nitrogens with zero attached hydrogens (tertiary/aromatic N) is 1. The van der Waals surface area contributed by atoms with E-state index in [-0.39, 0.29) is 11.6 Å². The van der Waals surface area contributed by atoms with E-state index in [1.807, 2.05) is 0 Å². The first-order chi connectivity index (χ1) is 9.01. The number of benzene rings is 1. The van der Waals surface area contributed by atoms with Crippen LogP contribution in [0.5, 0.6) is 0 Å². The fourth-order valence-electron chi connectivity index (χ4n) is 1.46. The van der Waals surface area contributed by atoms with Gasteiger partial charge >= 0.3 is 0 Å². The molecule has 1 heterocycles. The highest BCUT2D eigenvalue weighted by Gasteiger charge is 2.16. The topological polar surface area (TPSA) is 80.0 Å². The predicted octanol–water partition coefficient (Wildman–Crippen LogP) is 2.47. The van der Waals surface area contributed by atoms with Crippen LogP contribution in [0.3, 0.4) is 0 Å². The Balaban J connectivity index is 2.20. The highest BCUT2D eigenvalue weighted by molar-refractivity contribution is 7.18. The molecule has 0 saturated carbocycles. The standard InChI is InChI=1S/C12H13FN4OS/c1-6-3-4-7(5-8(6)13)16-11(18)9-10(14)17-12(15-2)19-9/h3-5H,14H2,1-2H3,(H,15,17)(H,16,18). The fraction of sp³-hybridized carbons (Fsp3) is 0.167. The summed E-state index contributed by atoms with van der Waals surface area (Å²) in [6.07, 6.45) is 0. The van der Waals surface area contributed by atoms with Gasteiger partial charge in [0.25, 0.3) is 5.91 Å². The molecule has 0 aliphatic rings. The summed E-state index contributed by atoms with van der Waals surface area (Å²) in [4.78, 5) is 16.3. The summed E-state index contributed by atoms with van der Waals surface area (Å²) < 4.78 is 13.4. The molecule has 0 atom stereocenters. The van der Waals surface area contributed by atoms with Crippen molar-refractivity contribution >= 4 is 33.9 Å². The van der Waals surface area contributed by atoms with Crippen molar-refractivity contribution in [3.05, 3.63) is 34.5 Å². The fourth-order valence-corrected chi connectivity index (χ4v) is 2.19. The first-order valence-corrected chi connectivity index (χ1v) is 6.34. The van der Waals surface area contributed by atoms with Gasteiger partial charge in [0.15, 0.2) is 5.13 Å². The Bertz CT molecular complexity index is 626. The Morgan fingerprint density at radius 2 is 2.21 bits per heavy atom. The van der Waals surface area contributed by atoms with Crippen LogP contribution in [0.2, 0.25) is 0 Å². The lowest BCUT2D eigenvalue weighted by atomic mass is 10.2. The van der Waals surface area contributed by atoms with Gasteiger partial charge in [-0.25, -0.2) is 9.37 Å².